The molecule has 0 atom stereocenters. The molecular weight excluding hydrogens is 386 g/mol. The number of aromatic nitrogens is 3. The third kappa shape index (κ3) is 3.48. The lowest BCUT2D eigenvalue weighted by Gasteiger charge is -2.15. The van der Waals surface area contributed by atoms with E-state index in [0.717, 1.165) is 33.2 Å². The molecule has 3 amide bonds. The quantitative estimate of drug-likeness (QED) is 0.516. The number of imidazole rings is 1. The minimum absolute atomic E-state index is 0.203. The zero-order chi connectivity index (χ0) is 20.8. The van der Waals surface area contributed by atoms with Gasteiger partial charge in [0.2, 0.25) is 0 Å². The first-order valence-electron chi connectivity index (χ1n) is 9.47. The molecule has 1 aliphatic heterocycles. The Morgan fingerprint density at radius 2 is 1.86 bits per heavy atom. The number of aryl methyl sites for hydroxylation is 2. The first kappa shape index (κ1) is 19.4. The molecule has 0 spiro atoms. The van der Waals surface area contributed by atoms with Crippen LogP contribution in [0.15, 0.2) is 41.6 Å². The molecule has 0 saturated carbocycles. The van der Waals surface area contributed by atoms with Gasteiger partial charge in [-0.25, -0.2) is 14.3 Å². The van der Waals surface area contributed by atoms with Crippen LogP contribution in [0.3, 0.4) is 0 Å². The highest BCUT2D eigenvalue weighted by Crippen LogP contribution is 2.31. The zero-order valence-corrected chi connectivity index (χ0v) is 17.7. The third-order valence-corrected chi connectivity index (χ3v) is 5.83. The van der Waals surface area contributed by atoms with Crippen molar-refractivity contribution >= 4 is 29.2 Å². The molecule has 8 heteroatoms. The van der Waals surface area contributed by atoms with Crippen molar-refractivity contribution in [3.8, 4) is 11.3 Å². The fourth-order valence-corrected chi connectivity index (χ4v) is 4.41. The highest BCUT2D eigenvalue weighted by atomic mass is 32.2. The molecule has 0 unspecified atom stereocenters. The number of carbonyl (C=O) groups excluding carboxylic acids is 2. The Kier molecular flexibility index (Phi) is 4.82. The van der Waals surface area contributed by atoms with Crippen LogP contribution in [0.1, 0.15) is 25.1 Å². The van der Waals surface area contributed by atoms with Gasteiger partial charge in [-0.3, -0.25) is 9.69 Å². The third-order valence-electron chi connectivity index (χ3n) is 4.92. The second-order valence-electron chi connectivity index (χ2n) is 7.70. The van der Waals surface area contributed by atoms with E-state index in [-0.39, 0.29) is 11.9 Å². The van der Waals surface area contributed by atoms with Gasteiger partial charge >= 0.3 is 6.03 Å². The summed E-state index contributed by atoms with van der Waals surface area (Å²) < 4.78 is 1.87. The smallest absolute Gasteiger partial charge is 0.324 e. The summed E-state index contributed by atoms with van der Waals surface area (Å²) in [6.07, 6.45) is 0. The summed E-state index contributed by atoms with van der Waals surface area (Å²) in [7, 11) is 0. The Morgan fingerprint density at radius 1 is 1.14 bits per heavy atom. The molecule has 1 saturated heterocycles. The maximum Gasteiger partial charge on any atom is 0.325 e. The number of fused-ring (bicyclic) bond motifs is 1. The number of nitrogens with one attached hydrogen (secondary N) is 1. The van der Waals surface area contributed by atoms with Crippen LogP contribution in [0.25, 0.3) is 16.8 Å². The molecule has 1 N–H and O–H groups in total. The molecular formula is C21H23N5O2S. The summed E-state index contributed by atoms with van der Waals surface area (Å²) in [4.78, 5) is 30.6. The van der Waals surface area contributed by atoms with Gasteiger partial charge in [0, 0.05) is 17.9 Å². The molecule has 0 bridgehead atoms. The molecule has 29 heavy (non-hydrogen) atoms. The number of carbonyl (C=O) groups is 2. The van der Waals surface area contributed by atoms with Crippen molar-refractivity contribution in [2.45, 2.75) is 38.4 Å². The predicted molar refractivity (Wildman–Crippen MR) is 113 cm³/mol. The largest absolute Gasteiger partial charge is 0.325 e. The van der Waals surface area contributed by atoms with Crippen molar-refractivity contribution in [1.29, 1.82) is 0 Å². The van der Waals surface area contributed by atoms with Crippen molar-refractivity contribution in [3.05, 3.63) is 47.7 Å². The molecule has 1 fully saturated rings. The summed E-state index contributed by atoms with van der Waals surface area (Å²) in [6, 6.07) is 11.7. The summed E-state index contributed by atoms with van der Waals surface area (Å²) in [6.45, 7) is 7.76. The molecule has 0 aliphatic carbocycles. The summed E-state index contributed by atoms with van der Waals surface area (Å²) >= 11 is 1.49. The summed E-state index contributed by atoms with van der Waals surface area (Å²) in [5.74, 6) is 0.336. The number of benzene rings is 1. The number of rotatable bonds is 5. The number of hydrogen-bond donors (Lipinski definition) is 1. The van der Waals surface area contributed by atoms with Crippen molar-refractivity contribution in [3.63, 3.8) is 0 Å². The van der Waals surface area contributed by atoms with Gasteiger partial charge in [-0.05, 0) is 39.3 Å². The normalized spacial score (nSPS) is 15.9. The average molecular weight is 410 g/mol. The molecule has 3 aromatic rings. The van der Waals surface area contributed by atoms with Crippen molar-refractivity contribution < 1.29 is 9.59 Å². The molecule has 0 radical (unpaired) electrons. The number of imide groups is 1. The van der Waals surface area contributed by atoms with Gasteiger partial charge in [-0.15, -0.1) is 0 Å². The maximum atomic E-state index is 12.4. The fourth-order valence-electron chi connectivity index (χ4n) is 3.55. The topological polar surface area (TPSA) is 79.6 Å². The van der Waals surface area contributed by atoms with Gasteiger partial charge in [0.15, 0.2) is 5.16 Å². The van der Waals surface area contributed by atoms with E-state index in [9.17, 15) is 9.59 Å². The van der Waals surface area contributed by atoms with E-state index in [0.29, 0.717) is 12.3 Å². The fraction of sp³-hybridized carbons (Fsp3) is 0.333. The minimum Gasteiger partial charge on any atom is -0.324 e. The second-order valence-corrected chi connectivity index (χ2v) is 8.76. The Bertz CT molecular complexity index is 1110. The Labute approximate surface area is 173 Å². The van der Waals surface area contributed by atoms with Crippen LogP contribution >= 0.6 is 11.8 Å². The molecule has 1 aromatic carbocycles. The Morgan fingerprint density at radius 3 is 2.52 bits per heavy atom. The number of thioether (sulfide) groups is 1. The lowest BCUT2D eigenvalue weighted by Crippen LogP contribution is -2.40. The van der Waals surface area contributed by atoms with Gasteiger partial charge < -0.3 is 5.32 Å². The first-order chi connectivity index (χ1) is 13.8. The molecule has 2 aromatic heterocycles. The minimum atomic E-state index is -0.849. The average Bonchev–Trinajstić information content (AvgIpc) is 3.12. The monoisotopic (exact) mass is 409 g/mol. The highest BCUT2D eigenvalue weighted by Gasteiger charge is 2.43. The number of urea groups is 1. The zero-order valence-electron chi connectivity index (χ0n) is 16.9. The predicted octanol–water partition coefficient (Wildman–Crippen LogP) is 3.44. The van der Waals surface area contributed by atoms with Crippen molar-refractivity contribution in [2.24, 2.45) is 0 Å². The van der Waals surface area contributed by atoms with Gasteiger partial charge in [0.05, 0.1) is 16.9 Å². The lowest BCUT2D eigenvalue weighted by molar-refractivity contribution is -0.130. The van der Waals surface area contributed by atoms with Gasteiger partial charge in [-0.2, -0.15) is 5.10 Å². The number of nitrogens with zero attached hydrogens (tertiary/aromatic N) is 4. The van der Waals surface area contributed by atoms with Crippen LogP contribution in [0.5, 0.6) is 0 Å². The highest BCUT2D eigenvalue weighted by molar-refractivity contribution is 7.99. The van der Waals surface area contributed by atoms with E-state index in [2.05, 4.69) is 17.3 Å². The van der Waals surface area contributed by atoms with Crippen LogP contribution < -0.4 is 5.32 Å². The molecule has 3 heterocycles. The van der Waals surface area contributed by atoms with Crippen LogP contribution in [-0.2, 0) is 4.79 Å². The standard InChI is InChI=1S/C21H23N5O2S/c1-13-12-14(2)24-26-17(13)16(15-8-6-5-7-9-15)22-20(26)29-11-10-25-18(27)21(3,4)23-19(25)28/h5-9,12H,10-11H2,1-4H3,(H,23,28). The molecule has 150 valence electrons. The number of hydrogen-bond acceptors (Lipinski definition) is 5. The van der Waals surface area contributed by atoms with Crippen LogP contribution in [-0.4, -0.2) is 49.3 Å². The van der Waals surface area contributed by atoms with E-state index in [1.54, 1.807) is 13.8 Å². The molecule has 4 rings (SSSR count). The van der Waals surface area contributed by atoms with Crippen LogP contribution in [0.2, 0.25) is 0 Å². The maximum absolute atomic E-state index is 12.4. The Balaban J connectivity index is 1.63. The van der Waals surface area contributed by atoms with Gasteiger partial charge in [-0.1, -0.05) is 42.1 Å². The van der Waals surface area contributed by atoms with Crippen molar-refractivity contribution in [1.82, 2.24) is 24.8 Å². The van der Waals surface area contributed by atoms with E-state index in [1.807, 2.05) is 47.8 Å². The van der Waals surface area contributed by atoms with Crippen molar-refractivity contribution in [2.75, 3.05) is 12.3 Å². The van der Waals surface area contributed by atoms with E-state index in [4.69, 9.17) is 4.98 Å². The number of amides is 3. The molecule has 7 nitrogen and oxygen atoms in total. The molecule has 1 aliphatic rings. The SMILES string of the molecule is Cc1cc(C)c2c(-c3ccccc3)nc(SCCN3C(=O)NC(C)(C)C3=O)n2n1. The van der Waals surface area contributed by atoms with Gasteiger partial charge in [0.25, 0.3) is 5.91 Å². The summed E-state index contributed by atoms with van der Waals surface area (Å²) in [5.41, 5.74) is 4.05. The van der Waals surface area contributed by atoms with Gasteiger partial charge in [0.1, 0.15) is 5.54 Å². The van der Waals surface area contributed by atoms with E-state index >= 15 is 0 Å². The van der Waals surface area contributed by atoms with Crippen LogP contribution in [0, 0.1) is 13.8 Å². The second kappa shape index (κ2) is 7.18. The Hall–Kier alpha value is -2.87. The van der Waals surface area contributed by atoms with Crippen LogP contribution in [0.4, 0.5) is 4.79 Å². The summed E-state index contributed by atoms with van der Waals surface area (Å²) in [5, 5.41) is 8.11. The van der Waals surface area contributed by atoms with E-state index in [1.165, 1.54) is 16.7 Å². The lowest BCUT2D eigenvalue weighted by atomic mass is 10.1. The first-order valence-corrected chi connectivity index (χ1v) is 10.5. The van der Waals surface area contributed by atoms with E-state index < -0.39 is 5.54 Å².